The summed E-state index contributed by atoms with van der Waals surface area (Å²) < 4.78 is 14.4. The van der Waals surface area contributed by atoms with E-state index in [0.717, 1.165) is 49.7 Å². The summed E-state index contributed by atoms with van der Waals surface area (Å²) in [6.07, 6.45) is 1.83. The van der Waals surface area contributed by atoms with Gasteiger partial charge in [0.05, 0.1) is 22.9 Å². The van der Waals surface area contributed by atoms with Crippen molar-refractivity contribution in [1.29, 1.82) is 0 Å². The molecule has 5 aromatic heterocycles. The van der Waals surface area contributed by atoms with Gasteiger partial charge in [0.2, 0.25) is 11.6 Å². The van der Waals surface area contributed by atoms with Crippen molar-refractivity contribution in [2.24, 2.45) is 0 Å². The molecule has 0 saturated heterocycles. The van der Waals surface area contributed by atoms with Crippen molar-refractivity contribution in [3.05, 3.63) is 109 Å². The summed E-state index contributed by atoms with van der Waals surface area (Å²) >= 11 is 0. The van der Waals surface area contributed by atoms with Crippen molar-refractivity contribution >= 4 is 49.3 Å². The van der Waals surface area contributed by atoms with Gasteiger partial charge in [-0.1, -0.05) is 42.5 Å². The molecule has 6 nitrogen and oxygen atoms in total. The molecule has 5 heterocycles. The minimum absolute atomic E-state index is 0.501. The SMILES string of the molecule is Cc1ccc2c(n1)oc1c(-c3cccc(Oc4ccc5c6ccccc6c6ccnn6c5c4)n3)cccc12. The molecule has 0 radical (unpaired) electrons. The summed E-state index contributed by atoms with van der Waals surface area (Å²) in [7, 11) is 0. The van der Waals surface area contributed by atoms with Gasteiger partial charge in [0.25, 0.3) is 0 Å². The second-order valence-corrected chi connectivity index (χ2v) is 9.41. The number of ether oxygens (including phenoxy) is 1. The van der Waals surface area contributed by atoms with Gasteiger partial charge in [0.1, 0.15) is 11.3 Å². The fourth-order valence-corrected chi connectivity index (χ4v) is 5.33. The van der Waals surface area contributed by atoms with Crippen molar-refractivity contribution in [3.8, 4) is 22.9 Å². The summed E-state index contributed by atoms with van der Waals surface area (Å²) in [6.45, 7) is 1.96. The van der Waals surface area contributed by atoms with Crippen molar-refractivity contribution in [3.63, 3.8) is 0 Å². The smallest absolute Gasteiger partial charge is 0.227 e. The highest BCUT2D eigenvalue weighted by atomic mass is 16.5. The molecule has 0 aliphatic carbocycles. The molecule has 38 heavy (non-hydrogen) atoms. The van der Waals surface area contributed by atoms with Gasteiger partial charge in [-0.3, -0.25) is 0 Å². The number of fused-ring (bicyclic) bond motifs is 9. The molecule has 0 spiro atoms. The van der Waals surface area contributed by atoms with Crippen LogP contribution in [-0.2, 0) is 0 Å². The Kier molecular flexibility index (Phi) is 4.34. The first-order valence-electron chi connectivity index (χ1n) is 12.5. The van der Waals surface area contributed by atoms with Gasteiger partial charge in [0, 0.05) is 44.9 Å². The lowest BCUT2D eigenvalue weighted by molar-refractivity contribution is 0.464. The van der Waals surface area contributed by atoms with E-state index in [1.54, 1.807) is 0 Å². The summed E-state index contributed by atoms with van der Waals surface area (Å²) in [5.41, 5.74) is 6.03. The Labute approximate surface area is 216 Å². The molecule has 180 valence electrons. The normalized spacial score (nSPS) is 11.8. The molecule has 0 aliphatic rings. The van der Waals surface area contributed by atoms with E-state index in [4.69, 9.17) is 14.1 Å². The molecular formula is C32H20N4O2. The molecular weight excluding hydrogens is 472 g/mol. The van der Waals surface area contributed by atoms with Gasteiger partial charge in [-0.25, -0.2) is 14.5 Å². The van der Waals surface area contributed by atoms with Crippen LogP contribution in [0.3, 0.4) is 0 Å². The van der Waals surface area contributed by atoms with Gasteiger partial charge in [-0.2, -0.15) is 5.10 Å². The Morgan fingerprint density at radius 3 is 2.45 bits per heavy atom. The minimum atomic E-state index is 0.501. The Bertz CT molecular complexity index is 2190. The molecule has 3 aromatic carbocycles. The number of hydrogen-bond donors (Lipinski definition) is 0. The van der Waals surface area contributed by atoms with Gasteiger partial charge in [-0.05, 0) is 54.8 Å². The second kappa shape index (κ2) is 7.88. The van der Waals surface area contributed by atoms with Crippen molar-refractivity contribution in [2.75, 3.05) is 0 Å². The molecule has 0 bridgehead atoms. The van der Waals surface area contributed by atoms with Gasteiger partial charge < -0.3 is 9.15 Å². The monoisotopic (exact) mass is 492 g/mol. The van der Waals surface area contributed by atoms with E-state index in [-0.39, 0.29) is 0 Å². The lowest BCUT2D eigenvalue weighted by Gasteiger charge is -2.11. The van der Waals surface area contributed by atoms with Crippen LogP contribution in [0.5, 0.6) is 11.6 Å². The number of aryl methyl sites for hydroxylation is 1. The average molecular weight is 493 g/mol. The average Bonchev–Trinajstić information content (AvgIpc) is 3.58. The third-order valence-corrected chi connectivity index (χ3v) is 7.06. The maximum atomic E-state index is 6.28. The maximum Gasteiger partial charge on any atom is 0.227 e. The van der Waals surface area contributed by atoms with E-state index in [1.165, 1.54) is 10.8 Å². The summed E-state index contributed by atoms with van der Waals surface area (Å²) in [5.74, 6) is 1.19. The zero-order valence-electron chi connectivity index (χ0n) is 20.4. The van der Waals surface area contributed by atoms with Crippen LogP contribution in [0.2, 0.25) is 0 Å². The molecule has 0 aliphatic heterocycles. The van der Waals surface area contributed by atoms with Crippen molar-refractivity contribution < 1.29 is 9.15 Å². The number of para-hydroxylation sites is 1. The van der Waals surface area contributed by atoms with Crippen LogP contribution in [0.15, 0.2) is 108 Å². The zero-order valence-corrected chi connectivity index (χ0v) is 20.4. The highest BCUT2D eigenvalue weighted by Crippen LogP contribution is 2.36. The fourth-order valence-electron chi connectivity index (χ4n) is 5.33. The molecule has 0 fully saturated rings. The van der Waals surface area contributed by atoms with E-state index in [2.05, 4.69) is 52.5 Å². The highest BCUT2D eigenvalue weighted by molar-refractivity contribution is 6.12. The zero-order chi connectivity index (χ0) is 25.2. The summed E-state index contributed by atoms with van der Waals surface area (Å²) in [4.78, 5) is 9.40. The first-order valence-corrected chi connectivity index (χ1v) is 12.5. The third-order valence-electron chi connectivity index (χ3n) is 7.06. The molecule has 0 atom stereocenters. The third kappa shape index (κ3) is 3.10. The summed E-state index contributed by atoms with van der Waals surface area (Å²) in [5, 5.41) is 10.1. The predicted octanol–water partition coefficient (Wildman–Crippen LogP) is 8.10. The Balaban J connectivity index is 1.23. The molecule has 0 saturated carbocycles. The molecule has 0 amide bonds. The Hall–Kier alpha value is -5.23. The van der Waals surface area contributed by atoms with E-state index >= 15 is 0 Å². The highest BCUT2D eigenvalue weighted by Gasteiger charge is 2.15. The van der Waals surface area contributed by atoms with Crippen LogP contribution < -0.4 is 4.74 Å². The molecule has 6 heteroatoms. The standard InChI is InChI=1S/C32H20N4O2/c1-19-12-14-25-24-8-4-9-26(31(24)38-32(25)34-19)27-10-5-11-30(35-27)37-20-13-15-23-21-6-2-3-7-22(21)28-16-17-33-36(28)29(23)18-20/h2-18H,1H3. The second-order valence-electron chi connectivity index (χ2n) is 9.41. The topological polar surface area (TPSA) is 65.5 Å². The van der Waals surface area contributed by atoms with E-state index < -0.39 is 0 Å². The fraction of sp³-hybridized carbons (Fsp3) is 0.0312. The van der Waals surface area contributed by atoms with Crippen LogP contribution in [0, 0.1) is 6.92 Å². The van der Waals surface area contributed by atoms with Crippen molar-refractivity contribution in [2.45, 2.75) is 6.92 Å². The molecule has 8 aromatic rings. The van der Waals surface area contributed by atoms with Crippen LogP contribution >= 0.6 is 0 Å². The molecule has 0 N–H and O–H groups in total. The molecule has 8 rings (SSSR count). The number of rotatable bonds is 3. The van der Waals surface area contributed by atoms with Gasteiger partial charge >= 0.3 is 0 Å². The van der Waals surface area contributed by atoms with E-state index in [0.29, 0.717) is 17.3 Å². The number of furan rings is 1. The van der Waals surface area contributed by atoms with E-state index in [1.807, 2.05) is 72.2 Å². The van der Waals surface area contributed by atoms with Crippen LogP contribution in [0.25, 0.3) is 60.5 Å². The number of benzene rings is 3. The largest absolute Gasteiger partial charge is 0.439 e. The van der Waals surface area contributed by atoms with Gasteiger partial charge in [-0.15, -0.1) is 0 Å². The Morgan fingerprint density at radius 2 is 1.50 bits per heavy atom. The number of pyridine rings is 3. The van der Waals surface area contributed by atoms with Crippen LogP contribution in [0.1, 0.15) is 5.69 Å². The lowest BCUT2D eigenvalue weighted by Crippen LogP contribution is -1.94. The first-order chi connectivity index (χ1) is 18.7. The lowest BCUT2D eigenvalue weighted by atomic mass is 10.0. The number of aromatic nitrogens is 4. The number of hydrogen-bond acceptors (Lipinski definition) is 5. The predicted molar refractivity (Wildman–Crippen MR) is 150 cm³/mol. The Morgan fingerprint density at radius 1 is 0.684 bits per heavy atom. The number of nitrogens with zero attached hydrogens (tertiary/aromatic N) is 4. The first kappa shape index (κ1) is 20.9. The molecule has 0 unspecified atom stereocenters. The van der Waals surface area contributed by atoms with Crippen LogP contribution in [0.4, 0.5) is 0 Å². The maximum absolute atomic E-state index is 6.28. The van der Waals surface area contributed by atoms with Crippen molar-refractivity contribution in [1.82, 2.24) is 19.6 Å². The minimum Gasteiger partial charge on any atom is -0.439 e. The van der Waals surface area contributed by atoms with Gasteiger partial charge in [0.15, 0.2) is 0 Å². The summed E-state index contributed by atoms with van der Waals surface area (Å²) in [6, 6.07) is 32.4. The van der Waals surface area contributed by atoms with Crippen LogP contribution in [-0.4, -0.2) is 19.6 Å². The quantitative estimate of drug-likeness (QED) is 0.233. The van der Waals surface area contributed by atoms with E-state index in [9.17, 15) is 0 Å².